The van der Waals surface area contributed by atoms with Crippen LogP contribution in [0.5, 0.6) is 0 Å². The van der Waals surface area contributed by atoms with Crippen LogP contribution in [0.2, 0.25) is 0 Å². The van der Waals surface area contributed by atoms with Gasteiger partial charge in [-0.15, -0.1) is 0 Å². The van der Waals surface area contributed by atoms with E-state index in [4.69, 9.17) is 4.74 Å². The topological polar surface area (TPSA) is 72.8 Å². The first-order valence-corrected chi connectivity index (χ1v) is 4.73. The summed E-state index contributed by atoms with van der Waals surface area (Å²) in [6.07, 6.45) is 1.02. The molecule has 0 heterocycles. The molecule has 0 aliphatic rings. The van der Waals surface area contributed by atoms with Gasteiger partial charge < -0.3 is 14.6 Å². The lowest BCUT2D eigenvalue weighted by molar-refractivity contribution is -0.150. The smallest absolute Gasteiger partial charge is 0.330 e. The van der Waals surface area contributed by atoms with Crippen LogP contribution in [0.4, 0.5) is 0 Å². The van der Waals surface area contributed by atoms with Gasteiger partial charge in [-0.1, -0.05) is 13.5 Å². The van der Waals surface area contributed by atoms with Crippen LogP contribution in [0.3, 0.4) is 0 Å². The van der Waals surface area contributed by atoms with E-state index in [-0.39, 0.29) is 19.2 Å². The fourth-order valence-electron chi connectivity index (χ4n) is 0.751. The average molecular weight is 216 g/mol. The average Bonchev–Trinajstić information content (AvgIpc) is 2.23. The van der Waals surface area contributed by atoms with Crippen molar-refractivity contribution < 1.29 is 24.2 Å². The number of aliphatic hydroxyl groups excluding tert-OH is 1. The normalized spacial score (nSPS) is 11.6. The van der Waals surface area contributed by atoms with Gasteiger partial charge in [0.1, 0.15) is 19.3 Å². The van der Waals surface area contributed by atoms with E-state index in [1.165, 1.54) is 0 Å². The minimum absolute atomic E-state index is 0.163. The van der Waals surface area contributed by atoms with Gasteiger partial charge in [0.2, 0.25) is 0 Å². The molecule has 0 spiro atoms. The highest BCUT2D eigenvalue weighted by Crippen LogP contribution is 1.94. The van der Waals surface area contributed by atoms with E-state index in [1.807, 2.05) is 6.92 Å². The van der Waals surface area contributed by atoms with Gasteiger partial charge in [0, 0.05) is 12.5 Å². The lowest BCUT2D eigenvalue weighted by Crippen LogP contribution is -2.24. The van der Waals surface area contributed by atoms with E-state index >= 15 is 0 Å². The molecule has 5 nitrogen and oxygen atoms in total. The molecule has 0 fully saturated rings. The third-order valence-electron chi connectivity index (χ3n) is 1.48. The van der Waals surface area contributed by atoms with Crippen LogP contribution < -0.4 is 0 Å². The summed E-state index contributed by atoms with van der Waals surface area (Å²) < 4.78 is 9.25. The summed E-state index contributed by atoms with van der Waals surface area (Å²) in [5, 5.41) is 9.22. The third kappa shape index (κ3) is 7.69. The van der Waals surface area contributed by atoms with Crippen LogP contribution in [0.25, 0.3) is 0 Å². The highest BCUT2D eigenvalue weighted by Gasteiger charge is 2.09. The summed E-state index contributed by atoms with van der Waals surface area (Å²) in [4.78, 5) is 21.5. The zero-order valence-electron chi connectivity index (χ0n) is 8.77. The van der Waals surface area contributed by atoms with Gasteiger partial charge >= 0.3 is 11.9 Å². The lowest BCUT2D eigenvalue weighted by atomic mass is 10.3. The summed E-state index contributed by atoms with van der Waals surface area (Å²) in [7, 11) is 0. The Labute approximate surface area is 88.7 Å². The molecule has 0 aliphatic carbocycles. The molecule has 0 amide bonds. The number of rotatable bonds is 7. The molecule has 1 unspecified atom stereocenters. The van der Waals surface area contributed by atoms with Gasteiger partial charge in [-0.25, -0.2) is 4.79 Å². The first-order valence-electron chi connectivity index (χ1n) is 4.73. The SMILES string of the molecule is C=CC(=O)OCC(O)COC(=O)CCC. The molecule has 5 heteroatoms. The fourth-order valence-corrected chi connectivity index (χ4v) is 0.751. The monoisotopic (exact) mass is 216 g/mol. The molecule has 0 bridgehead atoms. The van der Waals surface area contributed by atoms with Crippen molar-refractivity contribution in [2.75, 3.05) is 13.2 Å². The maximum absolute atomic E-state index is 10.9. The first kappa shape index (κ1) is 13.6. The van der Waals surface area contributed by atoms with Crippen LogP contribution in [0.1, 0.15) is 19.8 Å². The molecule has 1 atom stereocenters. The largest absolute Gasteiger partial charge is 0.463 e. The summed E-state index contributed by atoms with van der Waals surface area (Å²) in [6, 6.07) is 0. The molecule has 0 radical (unpaired) electrons. The predicted octanol–water partition coefficient (Wildman–Crippen LogP) is 0.420. The van der Waals surface area contributed by atoms with E-state index in [0.717, 1.165) is 6.08 Å². The molecule has 0 aliphatic heterocycles. The molecule has 0 aromatic heterocycles. The van der Waals surface area contributed by atoms with Crippen molar-refractivity contribution in [2.45, 2.75) is 25.9 Å². The third-order valence-corrected chi connectivity index (χ3v) is 1.48. The van der Waals surface area contributed by atoms with Gasteiger partial charge in [0.25, 0.3) is 0 Å². The fraction of sp³-hybridized carbons (Fsp3) is 0.600. The van der Waals surface area contributed by atoms with Crippen LogP contribution >= 0.6 is 0 Å². The van der Waals surface area contributed by atoms with Gasteiger partial charge in [-0.05, 0) is 6.42 Å². The van der Waals surface area contributed by atoms with Gasteiger partial charge in [0.15, 0.2) is 0 Å². The number of ether oxygens (including phenoxy) is 2. The quantitative estimate of drug-likeness (QED) is 0.493. The van der Waals surface area contributed by atoms with Crippen LogP contribution in [-0.2, 0) is 19.1 Å². The summed E-state index contributed by atoms with van der Waals surface area (Å²) in [5.41, 5.74) is 0. The molecule has 0 rings (SSSR count). The summed E-state index contributed by atoms with van der Waals surface area (Å²) >= 11 is 0. The standard InChI is InChI=1S/C10H16O5/c1-3-5-10(13)15-7-8(11)6-14-9(12)4-2/h4,8,11H,2-3,5-7H2,1H3. The molecule has 86 valence electrons. The summed E-state index contributed by atoms with van der Waals surface area (Å²) in [6.45, 7) is 4.68. The minimum atomic E-state index is -0.991. The minimum Gasteiger partial charge on any atom is -0.463 e. The number of hydrogen-bond acceptors (Lipinski definition) is 5. The number of carbonyl (C=O) groups excluding carboxylic acids is 2. The Morgan fingerprint density at radius 2 is 2.00 bits per heavy atom. The maximum Gasteiger partial charge on any atom is 0.330 e. The van der Waals surface area contributed by atoms with Crippen molar-refractivity contribution in [3.05, 3.63) is 12.7 Å². The van der Waals surface area contributed by atoms with Gasteiger partial charge in [-0.2, -0.15) is 0 Å². The van der Waals surface area contributed by atoms with Crippen molar-refractivity contribution in [2.24, 2.45) is 0 Å². The van der Waals surface area contributed by atoms with E-state index in [1.54, 1.807) is 0 Å². The second-order valence-corrected chi connectivity index (χ2v) is 2.92. The maximum atomic E-state index is 10.9. The van der Waals surface area contributed by atoms with Crippen molar-refractivity contribution in [1.29, 1.82) is 0 Å². The Morgan fingerprint density at radius 1 is 1.40 bits per heavy atom. The van der Waals surface area contributed by atoms with Crippen LogP contribution in [0, 0.1) is 0 Å². The van der Waals surface area contributed by atoms with Gasteiger partial charge in [0.05, 0.1) is 0 Å². The second kappa shape index (κ2) is 7.99. The van der Waals surface area contributed by atoms with E-state index in [2.05, 4.69) is 11.3 Å². The van der Waals surface area contributed by atoms with Crippen molar-refractivity contribution in [1.82, 2.24) is 0 Å². The molecule has 0 saturated heterocycles. The molecule has 0 aromatic carbocycles. The van der Waals surface area contributed by atoms with E-state index in [0.29, 0.717) is 12.8 Å². The molecule has 0 aromatic rings. The van der Waals surface area contributed by atoms with Crippen LogP contribution in [0.15, 0.2) is 12.7 Å². The number of hydrogen-bond donors (Lipinski definition) is 1. The van der Waals surface area contributed by atoms with Crippen molar-refractivity contribution in [3.8, 4) is 0 Å². The first-order chi connectivity index (χ1) is 7.10. The molecular weight excluding hydrogens is 200 g/mol. The highest BCUT2D eigenvalue weighted by atomic mass is 16.6. The molecule has 0 saturated carbocycles. The van der Waals surface area contributed by atoms with E-state index in [9.17, 15) is 14.7 Å². The molecule has 15 heavy (non-hydrogen) atoms. The summed E-state index contributed by atoms with van der Waals surface area (Å²) in [5.74, 6) is -0.986. The number of carbonyl (C=O) groups is 2. The molecule has 1 N–H and O–H groups in total. The van der Waals surface area contributed by atoms with E-state index < -0.39 is 12.1 Å². The second-order valence-electron chi connectivity index (χ2n) is 2.92. The zero-order chi connectivity index (χ0) is 11.7. The Morgan fingerprint density at radius 3 is 2.53 bits per heavy atom. The number of aliphatic hydroxyl groups is 1. The Hall–Kier alpha value is -1.36. The van der Waals surface area contributed by atoms with Crippen molar-refractivity contribution in [3.63, 3.8) is 0 Å². The van der Waals surface area contributed by atoms with Crippen LogP contribution in [-0.4, -0.2) is 36.4 Å². The number of esters is 2. The Kier molecular flexibility index (Phi) is 7.27. The Bertz CT molecular complexity index is 224. The highest BCUT2D eigenvalue weighted by molar-refractivity contribution is 5.81. The Balaban J connectivity index is 3.56. The predicted molar refractivity (Wildman–Crippen MR) is 53.0 cm³/mol. The molecular formula is C10H16O5. The lowest BCUT2D eigenvalue weighted by Gasteiger charge is -2.10. The zero-order valence-corrected chi connectivity index (χ0v) is 8.77. The van der Waals surface area contributed by atoms with Gasteiger partial charge in [-0.3, -0.25) is 4.79 Å². The van der Waals surface area contributed by atoms with Crippen molar-refractivity contribution >= 4 is 11.9 Å².